The van der Waals surface area contributed by atoms with Crippen molar-refractivity contribution in [3.05, 3.63) is 41.7 Å². The highest BCUT2D eigenvalue weighted by molar-refractivity contribution is 7.98. The second-order valence-electron chi connectivity index (χ2n) is 3.97. The molecule has 2 aromatic rings. The maximum absolute atomic E-state index is 11.5. The molecule has 0 unspecified atom stereocenters. The summed E-state index contributed by atoms with van der Waals surface area (Å²) in [6, 6.07) is 3.50. The SMILES string of the molecule is CCOC(=O)c1ccc(SCc2ncc(CC)o2)nc1. The molecule has 2 rings (SSSR count). The number of rotatable bonds is 6. The molecule has 2 heterocycles. The van der Waals surface area contributed by atoms with Gasteiger partial charge < -0.3 is 9.15 Å². The van der Waals surface area contributed by atoms with E-state index in [1.165, 1.54) is 18.0 Å². The molecular formula is C14H16N2O3S. The largest absolute Gasteiger partial charge is 0.462 e. The van der Waals surface area contributed by atoms with Crippen molar-refractivity contribution in [2.24, 2.45) is 0 Å². The van der Waals surface area contributed by atoms with Gasteiger partial charge in [-0.1, -0.05) is 18.7 Å². The fourth-order valence-electron chi connectivity index (χ4n) is 1.51. The summed E-state index contributed by atoms with van der Waals surface area (Å²) in [6.45, 7) is 4.16. The third kappa shape index (κ3) is 3.84. The Bertz CT molecular complexity index is 566. The zero-order valence-electron chi connectivity index (χ0n) is 11.5. The summed E-state index contributed by atoms with van der Waals surface area (Å²) >= 11 is 1.51. The lowest BCUT2D eigenvalue weighted by molar-refractivity contribution is 0.0525. The van der Waals surface area contributed by atoms with Crippen LogP contribution in [-0.2, 0) is 16.9 Å². The number of aromatic nitrogens is 2. The van der Waals surface area contributed by atoms with Gasteiger partial charge >= 0.3 is 5.97 Å². The minimum atomic E-state index is -0.350. The van der Waals surface area contributed by atoms with Crippen LogP contribution in [-0.4, -0.2) is 22.5 Å². The van der Waals surface area contributed by atoms with Crippen molar-refractivity contribution in [3.63, 3.8) is 0 Å². The predicted octanol–water partition coefficient (Wildman–Crippen LogP) is 3.10. The summed E-state index contributed by atoms with van der Waals surface area (Å²) < 4.78 is 10.4. The van der Waals surface area contributed by atoms with Crippen molar-refractivity contribution in [1.82, 2.24) is 9.97 Å². The van der Waals surface area contributed by atoms with E-state index in [1.807, 2.05) is 6.92 Å². The Labute approximate surface area is 121 Å². The van der Waals surface area contributed by atoms with E-state index in [0.29, 0.717) is 23.8 Å². The van der Waals surface area contributed by atoms with Gasteiger partial charge in [0.25, 0.3) is 0 Å². The minimum Gasteiger partial charge on any atom is -0.462 e. The molecule has 0 aliphatic heterocycles. The predicted molar refractivity (Wildman–Crippen MR) is 75.6 cm³/mol. The van der Waals surface area contributed by atoms with Gasteiger partial charge in [-0.2, -0.15) is 0 Å². The number of hydrogen-bond acceptors (Lipinski definition) is 6. The summed E-state index contributed by atoms with van der Waals surface area (Å²) in [7, 11) is 0. The molecule has 0 amide bonds. The van der Waals surface area contributed by atoms with E-state index in [9.17, 15) is 4.79 Å². The molecular weight excluding hydrogens is 276 g/mol. The van der Waals surface area contributed by atoms with E-state index >= 15 is 0 Å². The number of ether oxygens (including phenoxy) is 1. The van der Waals surface area contributed by atoms with Crippen molar-refractivity contribution in [3.8, 4) is 0 Å². The van der Waals surface area contributed by atoms with Crippen molar-refractivity contribution < 1.29 is 13.9 Å². The first-order valence-electron chi connectivity index (χ1n) is 6.42. The van der Waals surface area contributed by atoms with Crippen molar-refractivity contribution in [2.75, 3.05) is 6.61 Å². The highest BCUT2D eigenvalue weighted by Crippen LogP contribution is 2.21. The Morgan fingerprint density at radius 3 is 2.75 bits per heavy atom. The molecule has 0 N–H and O–H groups in total. The van der Waals surface area contributed by atoms with Crippen LogP contribution in [0.15, 0.2) is 34.0 Å². The lowest BCUT2D eigenvalue weighted by atomic mass is 10.3. The summed E-state index contributed by atoms with van der Waals surface area (Å²) in [5, 5.41) is 0.814. The topological polar surface area (TPSA) is 65.2 Å². The van der Waals surface area contributed by atoms with Crippen LogP contribution in [0.5, 0.6) is 0 Å². The zero-order chi connectivity index (χ0) is 14.4. The van der Waals surface area contributed by atoms with Crippen LogP contribution in [0.4, 0.5) is 0 Å². The van der Waals surface area contributed by atoms with Crippen LogP contribution in [0.3, 0.4) is 0 Å². The van der Waals surface area contributed by atoms with E-state index in [1.54, 1.807) is 25.3 Å². The number of esters is 1. The van der Waals surface area contributed by atoms with Crippen LogP contribution < -0.4 is 0 Å². The summed E-state index contributed by atoms with van der Waals surface area (Å²) in [5.41, 5.74) is 0.459. The van der Waals surface area contributed by atoms with E-state index in [2.05, 4.69) is 9.97 Å². The quantitative estimate of drug-likeness (QED) is 0.602. The maximum Gasteiger partial charge on any atom is 0.339 e. The molecule has 0 radical (unpaired) electrons. The van der Waals surface area contributed by atoms with Gasteiger partial charge in [-0.05, 0) is 19.1 Å². The molecule has 106 valence electrons. The van der Waals surface area contributed by atoms with Crippen LogP contribution >= 0.6 is 11.8 Å². The van der Waals surface area contributed by atoms with Gasteiger partial charge in [-0.25, -0.2) is 14.8 Å². The Morgan fingerprint density at radius 2 is 2.15 bits per heavy atom. The molecule has 0 aromatic carbocycles. The summed E-state index contributed by atoms with van der Waals surface area (Å²) in [4.78, 5) is 19.9. The summed E-state index contributed by atoms with van der Waals surface area (Å²) in [6.07, 6.45) is 4.10. The Kier molecular flexibility index (Phi) is 5.17. The van der Waals surface area contributed by atoms with Gasteiger partial charge in [-0.15, -0.1) is 0 Å². The maximum atomic E-state index is 11.5. The first kappa shape index (κ1) is 14.6. The van der Waals surface area contributed by atoms with E-state index in [-0.39, 0.29) is 5.97 Å². The Morgan fingerprint density at radius 1 is 1.30 bits per heavy atom. The van der Waals surface area contributed by atoms with Gasteiger partial charge in [0, 0.05) is 12.6 Å². The lowest BCUT2D eigenvalue weighted by Gasteiger charge is -2.02. The number of pyridine rings is 1. The number of aryl methyl sites for hydroxylation is 1. The highest BCUT2D eigenvalue weighted by atomic mass is 32.2. The Balaban J connectivity index is 1.92. The van der Waals surface area contributed by atoms with E-state index < -0.39 is 0 Å². The standard InChI is InChI=1S/C14H16N2O3S/c1-3-11-8-15-12(19-11)9-20-13-6-5-10(7-16-13)14(17)18-4-2/h5-8H,3-4,9H2,1-2H3. The minimum absolute atomic E-state index is 0.350. The number of thioether (sulfide) groups is 1. The third-order valence-corrected chi connectivity index (χ3v) is 3.47. The van der Waals surface area contributed by atoms with Crippen LogP contribution in [0.25, 0.3) is 0 Å². The van der Waals surface area contributed by atoms with E-state index in [0.717, 1.165) is 17.2 Å². The second-order valence-corrected chi connectivity index (χ2v) is 4.96. The second kappa shape index (κ2) is 7.09. The van der Waals surface area contributed by atoms with Crippen molar-refractivity contribution >= 4 is 17.7 Å². The van der Waals surface area contributed by atoms with Crippen molar-refractivity contribution in [1.29, 1.82) is 0 Å². The van der Waals surface area contributed by atoms with Crippen molar-refractivity contribution in [2.45, 2.75) is 31.0 Å². The molecule has 0 aliphatic rings. The molecule has 0 atom stereocenters. The smallest absolute Gasteiger partial charge is 0.339 e. The molecule has 6 heteroatoms. The molecule has 0 aliphatic carbocycles. The average Bonchev–Trinajstić information content (AvgIpc) is 2.94. The molecule has 0 saturated carbocycles. The molecule has 20 heavy (non-hydrogen) atoms. The molecule has 0 spiro atoms. The highest BCUT2D eigenvalue weighted by Gasteiger charge is 2.08. The van der Waals surface area contributed by atoms with Gasteiger partial charge in [0.05, 0.1) is 29.1 Å². The number of carbonyl (C=O) groups is 1. The van der Waals surface area contributed by atoms with Gasteiger partial charge in [0.2, 0.25) is 5.89 Å². The first-order valence-corrected chi connectivity index (χ1v) is 7.41. The Hall–Kier alpha value is -1.82. The van der Waals surface area contributed by atoms with Crippen LogP contribution in [0.2, 0.25) is 0 Å². The lowest BCUT2D eigenvalue weighted by Crippen LogP contribution is -2.04. The van der Waals surface area contributed by atoms with Gasteiger partial charge in [-0.3, -0.25) is 0 Å². The number of oxazole rings is 1. The average molecular weight is 292 g/mol. The normalized spacial score (nSPS) is 10.5. The molecule has 2 aromatic heterocycles. The fourth-order valence-corrected chi connectivity index (χ4v) is 2.21. The monoisotopic (exact) mass is 292 g/mol. The molecule has 0 fully saturated rings. The number of nitrogens with zero attached hydrogens (tertiary/aromatic N) is 2. The van der Waals surface area contributed by atoms with Gasteiger partial charge in [0.1, 0.15) is 5.76 Å². The number of hydrogen-bond donors (Lipinski definition) is 0. The fraction of sp³-hybridized carbons (Fsp3) is 0.357. The van der Waals surface area contributed by atoms with Crippen LogP contribution in [0, 0.1) is 0 Å². The summed E-state index contributed by atoms with van der Waals surface area (Å²) in [5.74, 6) is 1.83. The number of carbonyl (C=O) groups excluding carboxylic acids is 1. The molecule has 5 nitrogen and oxygen atoms in total. The van der Waals surface area contributed by atoms with Crippen LogP contribution in [0.1, 0.15) is 35.9 Å². The van der Waals surface area contributed by atoms with E-state index in [4.69, 9.17) is 9.15 Å². The molecule has 0 saturated heterocycles. The zero-order valence-corrected chi connectivity index (χ0v) is 12.3. The van der Waals surface area contributed by atoms with Gasteiger partial charge in [0.15, 0.2) is 0 Å². The first-order chi connectivity index (χ1) is 9.72. The third-order valence-electron chi connectivity index (χ3n) is 2.54. The molecule has 0 bridgehead atoms.